The summed E-state index contributed by atoms with van der Waals surface area (Å²) >= 11 is 1.47. The zero-order chi connectivity index (χ0) is 11.0. The first-order valence-corrected chi connectivity index (χ1v) is 5.30. The smallest absolute Gasteiger partial charge is 0.320 e. The van der Waals surface area contributed by atoms with Crippen molar-refractivity contribution in [2.24, 2.45) is 5.73 Å². The van der Waals surface area contributed by atoms with Crippen LogP contribution in [-0.2, 0) is 0 Å². The van der Waals surface area contributed by atoms with Gasteiger partial charge in [-0.05, 0) is 18.6 Å². The molecule has 0 aliphatic carbocycles. The summed E-state index contributed by atoms with van der Waals surface area (Å²) in [7, 11) is 1.62. The monoisotopic (exact) mass is 221 g/mol. The predicted molar refractivity (Wildman–Crippen MR) is 62.3 cm³/mol. The molecule has 0 saturated carbocycles. The van der Waals surface area contributed by atoms with Crippen molar-refractivity contribution in [2.75, 3.05) is 11.9 Å². The fourth-order valence-corrected chi connectivity index (χ4v) is 2.31. The second-order valence-electron chi connectivity index (χ2n) is 3.32. The maximum Gasteiger partial charge on any atom is 0.320 e. The molecule has 4 nitrogen and oxygen atoms in total. The molecular weight excluding hydrogens is 210 g/mol. The molecule has 0 spiro atoms. The van der Waals surface area contributed by atoms with Crippen LogP contribution in [0.3, 0.4) is 0 Å². The maximum atomic E-state index is 11.0. The van der Waals surface area contributed by atoms with Crippen molar-refractivity contribution in [3.63, 3.8) is 0 Å². The van der Waals surface area contributed by atoms with Gasteiger partial charge in [0.05, 0.1) is 10.2 Å². The summed E-state index contributed by atoms with van der Waals surface area (Å²) in [6, 6.07) is 5.41. The zero-order valence-corrected chi connectivity index (χ0v) is 9.34. The van der Waals surface area contributed by atoms with E-state index in [2.05, 4.69) is 4.98 Å². The number of carbonyl (C=O) groups excluding carboxylic acids is 1. The van der Waals surface area contributed by atoms with Crippen LogP contribution in [0.5, 0.6) is 0 Å². The normalized spacial score (nSPS) is 10.5. The molecule has 0 bridgehead atoms. The number of nitrogens with zero attached hydrogens (tertiary/aromatic N) is 2. The second kappa shape index (κ2) is 3.51. The van der Waals surface area contributed by atoms with E-state index in [4.69, 9.17) is 5.73 Å². The van der Waals surface area contributed by atoms with E-state index < -0.39 is 6.03 Å². The van der Waals surface area contributed by atoms with Crippen LogP contribution in [0, 0.1) is 6.92 Å². The van der Waals surface area contributed by atoms with E-state index in [1.54, 1.807) is 7.05 Å². The van der Waals surface area contributed by atoms with Gasteiger partial charge in [0.25, 0.3) is 0 Å². The zero-order valence-electron chi connectivity index (χ0n) is 8.52. The number of carbonyl (C=O) groups is 1. The molecule has 0 radical (unpaired) electrons. The minimum Gasteiger partial charge on any atom is -0.351 e. The van der Waals surface area contributed by atoms with Crippen LogP contribution in [0.2, 0.25) is 0 Å². The summed E-state index contributed by atoms with van der Waals surface area (Å²) in [4.78, 5) is 16.7. The molecule has 2 amide bonds. The number of aromatic nitrogens is 1. The number of primary amides is 1. The molecule has 0 saturated heterocycles. The Bertz CT molecular complexity index is 520. The van der Waals surface area contributed by atoms with Gasteiger partial charge in [-0.2, -0.15) is 0 Å². The molecule has 0 aliphatic rings. The quantitative estimate of drug-likeness (QED) is 0.801. The van der Waals surface area contributed by atoms with Gasteiger partial charge in [0.1, 0.15) is 0 Å². The first-order valence-electron chi connectivity index (χ1n) is 4.49. The molecule has 2 rings (SSSR count). The fraction of sp³-hybridized carbons (Fsp3) is 0.200. The van der Waals surface area contributed by atoms with Gasteiger partial charge in [0.15, 0.2) is 5.13 Å². The molecule has 1 heterocycles. The fourth-order valence-electron chi connectivity index (χ4n) is 1.31. The molecule has 0 fully saturated rings. The van der Waals surface area contributed by atoms with Crippen LogP contribution in [0.25, 0.3) is 10.2 Å². The van der Waals surface area contributed by atoms with Crippen molar-refractivity contribution in [3.8, 4) is 0 Å². The average molecular weight is 221 g/mol. The lowest BCUT2D eigenvalue weighted by Gasteiger charge is -2.08. The third-order valence-corrected chi connectivity index (χ3v) is 3.50. The van der Waals surface area contributed by atoms with Gasteiger partial charge in [-0.1, -0.05) is 23.5 Å². The first-order chi connectivity index (χ1) is 7.09. The number of hydrogen-bond donors (Lipinski definition) is 1. The lowest BCUT2D eigenvalue weighted by atomic mass is 10.2. The van der Waals surface area contributed by atoms with Crippen molar-refractivity contribution in [2.45, 2.75) is 6.92 Å². The Morgan fingerprint density at radius 3 is 2.87 bits per heavy atom. The summed E-state index contributed by atoms with van der Waals surface area (Å²) in [5, 5.41) is 0.631. The molecule has 0 unspecified atom stereocenters. The number of nitrogens with two attached hydrogens (primary N) is 1. The molecule has 2 N–H and O–H groups in total. The van der Waals surface area contributed by atoms with Gasteiger partial charge < -0.3 is 5.73 Å². The highest BCUT2D eigenvalue weighted by molar-refractivity contribution is 7.22. The second-order valence-corrected chi connectivity index (χ2v) is 4.29. The summed E-state index contributed by atoms with van der Waals surface area (Å²) < 4.78 is 1.10. The van der Waals surface area contributed by atoms with E-state index in [1.807, 2.05) is 25.1 Å². The van der Waals surface area contributed by atoms with Gasteiger partial charge in [0, 0.05) is 7.05 Å². The van der Waals surface area contributed by atoms with Gasteiger partial charge in [-0.15, -0.1) is 0 Å². The van der Waals surface area contributed by atoms with Crippen LogP contribution in [0.1, 0.15) is 5.56 Å². The van der Waals surface area contributed by atoms with Crippen LogP contribution < -0.4 is 10.6 Å². The number of aryl methyl sites for hydroxylation is 1. The molecule has 78 valence electrons. The molecule has 1 aromatic heterocycles. The van der Waals surface area contributed by atoms with Crippen molar-refractivity contribution in [1.29, 1.82) is 0 Å². The number of rotatable bonds is 1. The summed E-state index contributed by atoms with van der Waals surface area (Å²) in [5.74, 6) is 0. The van der Waals surface area contributed by atoms with Gasteiger partial charge in [0.2, 0.25) is 0 Å². The van der Waals surface area contributed by atoms with Crippen molar-refractivity contribution < 1.29 is 4.79 Å². The van der Waals surface area contributed by atoms with E-state index >= 15 is 0 Å². The predicted octanol–water partition coefficient (Wildman–Crippen LogP) is 2.12. The third kappa shape index (κ3) is 1.66. The number of benzene rings is 1. The van der Waals surface area contributed by atoms with E-state index in [1.165, 1.54) is 16.2 Å². The van der Waals surface area contributed by atoms with Crippen LogP contribution in [0.4, 0.5) is 9.93 Å². The highest BCUT2D eigenvalue weighted by Crippen LogP contribution is 2.30. The van der Waals surface area contributed by atoms with Crippen molar-refractivity contribution in [1.82, 2.24) is 4.98 Å². The summed E-state index contributed by atoms with van der Waals surface area (Å²) in [6.07, 6.45) is 0. The van der Waals surface area contributed by atoms with E-state index in [9.17, 15) is 4.79 Å². The van der Waals surface area contributed by atoms with E-state index in [0.29, 0.717) is 5.13 Å². The molecule has 0 atom stereocenters. The Morgan fingerprint density at radius 1 is 1.53 bits per heavy atom. The number of fused-ring (bicyclic) bond motifs is 1. The maximum absolute atomic E-state index is 11.0. The number of hydrogen-bond acceptors (Lipinski definition) is 3. The van der Waals surface area contributed by atoms with Crippen LogP contribution in [-0.4, -0.2) is 18.1 Å². The van der Waals surface area contributed by atoms with Gasteiger partial charge in [-0.3, -0.25) is 4.90 Å². The van der Waals surface area contributed by atoms with Crippen molar-refractivity contribution in [3.05, 3.63) is 23.8 Å². The SMILES string of the molecule is Cc1cccc2nc(N(C)C(N)=O)sc12. The summed E-state index contributed by atoms with van der Waals surface area (Å²) in [5.41, 5.74) is 7.25. The van der Waals surface area contributed by atoms with E-state index in [-0.39, 0.29) is 0 Å². The minimum absolute atomic E-state index is 0.494. The lowest BCUT2D eigenvalue weighted by Crippen LogP contribution is -2.31. The standard InChI is InChI=1S/C10H11N3OS/c1-6-4-3-5-7-8(6)15-10(12-7)13(2)9(11)14/h3-5H,1-2H3,(H2,11,14). The largest absolute Gasteiger partial charge is 0.351 e. The third-order valence-electron chi connectivity index (χ3n) is 2.22. The molecule has 5 heteroatoms. The van der Waals surface area contributed by atoms with Crippen LogP contribution in [0.15, 0.2) is 18.2 Å². The highest BCUT2D eigenvalue weighted by atomic mass is 32.1. The number of thiazole rings is 1. The van der Waals surface area contributed by atoms with Gasteiger partial charge >= 0.3 is 6.03 Å². The molecule has 0 aliphatic heterocycles. The minimum atomic E-state index is -0.494. The Kier molecular flexibility index (Phi) is 2.32. The van der Waals surface area contributed by atoms with E-state index in [0.717, 1.165) is 15.8 Å². The van der Waals surface area contributed by atoms with Gasteiger partial charge in [-0.25, -0.2) is 9.78 Å². The Balaban J connectivity index is 2.56. The van der Waals surface area contributed by atoms with Crippen LogP contribution >= 0.6 is 11.3 Å². The van der Waals surface area contributed by atoms with Crippen molar-refractivity contribution >= 4 is 32.7 Å². The first kappa shape index (κ1) is 9.92. The highest BCUT2D eigenvalue weighted by Gasteiger charge is 2.12. The number of urea groups is 1. The molecule has 2 aromatic rings. The molecular formula is C10H11N3OS. The number of anilines is 1. The topological polar surface area (TPSA) is 59.2 Å². The summed E-state index contributed by atoms with van der Waals surface area (Å²) in [6.45, 7) is 2.02. The molecule has 15 heavy (non-hydrogen) atoms. The Labute approximate surface area is 91.3 Å². The lowest BCUT2D eigenvalue weighted by molar-refractivity contribution is 0.255. The molecule has 1 aromatic carbocycles. The number of amides is 2. The Hall–Kier alpha value is -1.62. The average Bonchev–Trinajstić information content (AvgIpc) is 2.61. The Morgan fingerprint density at radius 2 is 2.27 bits per heavy atom.